The van der Waals surface area contributed by atoms with Crippen molar-refractivity contribution in [1.82, 2.24) is 10.6 Å². The molecule has 1 aliphatic rings. The van der Waals surface area contributed by atoms with Gasteiger partial charge in [0, 0.05) is 19.0 Å². The molecule has 4 N–H and O–H groups in total. The minimum absolute atomic E-state index is 0.0638. The predicted octanol–water partition coefficient (Wildman–Crippen LogP) is -0.232. The summed E-state index contributed by atoms with van der Waals surface area (Å²) < 4.78 is 0. The van der Waals surface area contributed by atoms with Crippen molar-refractivity contribution in [3.8, 4) is 0 Å². The number of hydrogen-bond acceptors (Lipinski definition) is 4. The van der Waals surface area contributed by atoms with Crippen LogP contribution in [0.25, 0.3) is 0 Å². The van der Waals surface area contributed by atoms with Crippen molar-refractivity contribution in [3.63, 3.8) is 0 Å². The Morgan fingerprint density at radius 2 is 2.29 bits per heavy atom. The fourth-order valence-corrected chi connectivity index (χ4v) is 1.91. The molecule has 0 aromatic heterocycles. The number of nitrogens with one attached hydrogen (secondary N) is 2. The third-order valence-corrected chi connectivity index (χ3v) is 3.14. The first-order valence-electron chi connectivity index (χ1n) is 6.37. The summed E-state index contributed by atoms with van der Waals surface area (Å²) in [6.07, 6.45) is 4.91. The number of hydrogen-bond donors (Lipinski definition) is 4. The van der Waals surface area contributed by atoms with Crippen LogP contribution in [-0.2, 0) is 4.79 Å². The van der Waals surface area contributed by atoms with E-state index in [-0.39, 0.29) is 19.1 Å². The van der Waals surface area contributed by atoms with Crippen LogP contribution in [0.3, 0.4) is 0 Å². The van der Waals surface area contributed by atoms with E-state index in [1.165, 1.54) is 19.8 Å². The quantitative estimate of drug-likeness (QED) is 0.520. The molecule has 2 atom stereocenters. The summed E-state index contributed by atoms with van der Waals surface area (Å²) in [5.41, 5.74) is -1.22. The van der Waals surface area contributed by atoms with Gasteiger partial charge in [-0.25, -0.2) is 0 Å². The molecule has 0 aliphatic carbocycles. The number of amides is 1. The molecule has 0 bridgehead atoms. The number of carbonyl (C=O) groups excluding carboxylic acids is 1. The fourth-order valence-electron chi connectivity index (χ4n) is 1.91. The number of carbonyl (C=O) groups is 1. The zero-order valence-corrected chi connectivity index (χ0v) is 10.5. The van der Waals surface area contributed by atoms with Gasteiger partial charge in [-0.05, 0) is 32.7 Å². The maximum Gasteiger partial charge on any atom is 0.220 e. The molecule has 1 amide bonds. The monoisotopic (exact) mass is 244 g/mol. The molecular weight excluding hydrogens is 220 g/mol. The predicted molar refractivity (Wildman–Crippen MR) is 65.6 cm³/mol. The van der Waals surface area contributed by atoms with Crippen LogP contribution >= 0.6 is 0 Å². The topological polar surface area (TPSA) is 81.6 Å². The lowest BCUT2D eigenvalue weighted by molar-refractivity contribution is -0.122. The number of aliphatic hydroxyl groups excluding tert-OH is 1. The molecule has 0 saturated carbocycles. The van der Waals surface area contributed by atoms with Crippen molar-refractivity contribution < 1.29 is 15.0 Å². The first kappa shape index (κ1) is 14.4. The van der Waals surface area contributed by atoms with E-state index < -0.39 is 5.60 Å². The first-order valence-corrected chi connectivity index (χ1v) is 6.37. The second-order valence-electron chi connectivity index (χ2n) is 5.12. The molecule has 0 radical (unpaired) electrons. The van der Waals surface area contributed by atoms with Crippen LogP contribution in [0.5, 0.6) is 0 Å². The first-order chi connectivity index (χ1) is 8.03. The van der Waals surface area contributed by atoms with Crippen molar-refractivity contribution in [3.05, 3.63) is 0 Å². The Bertz CT molecular complexity index is 238. The summed E-state index contributed by atoms with van der Waals surface area (Å²) in [5, 5.41) is 24.4. The summed E-state index contributed by atoms with van der Waals surface area (Å²) in [7, 11) is 0. The van der Waals surface area contributed by atoms with Crippen molar-refractivity contribution in [2.75, 3.05) is 19.7 Å². The van der Waals surface area contributed by atoms with Gasteiger partial charge in [0.2, 0.25) is 5.91 Å². The number of aliphatic hydroxyl groups is 2. The standard InChI is InChI=1S/C12H24N2O3/c1-12(17,9-15)8-14-11(16)6-5-10-4-2-3-7-13-10/h10,13,15,17H,2-9H2,1H3,(H,14,16). The Kier molecular flexibility index (Phi) is 5.88. The van der Waals surface area contributed by atoms with Gasteiger partial charge in [-0.15, -0.1) is 0 Å². The van der Waals surface area contributed by atoms with Gasteiger partial charge < -0.3 is 20.8 Å². The number of rotatable bonds is 6. The molecular formula is C12H24N2O3. The molecule has 0 spiro atoms. The van der Waals surface area contributed by atoms with Crippen LogP contribution in [0.2, 0.25) is 0 Å². The smallest absolute Gasteiger partial charge is 0.220 e. The highest BCUT2D eigenvalue weighted by atomic mass is 16.3. The zero-order chi connectivity index (χ0) is 12.7. The fraction of sp³-hybridized carbons (Fsp3) is 0.917. The van der Waals surface area contributed by atoms with Crippen molar-refractivity contribution in [2.45, 2.75) is 50.7 Å². The van der Waals surface area contributed by atoms with E-state index in [4.69, 9.17) is 5.11 Å². The molecule has 17 heavy (non-hydrogen) atoms. The van der Waals surface area contributed by atoms with Gasteiger partial charge in [0.05, 0.1) is 6.61 Å². The van der Waals surface area contributed by atoms with Gasteiger partial charge in [-0.2, -0.15) is 0 Å². The van der Waals surface area contributed by atoms with Gasteiger partial charge in [-0.3, -0.25) is 4.79 Å². The van der Waals surface area contributed by atoms with E-state index in [1.807, 2.05) is 0 Å². The lowest BCUT2D eigenvalue weighted by atomic mass is 10.0. The molecule has 5 heteroatoms. The second-order valence-corrected chi connectivity index (χ2v) is 5.12. The maximum atomic E-state index is 11.5. The van der Waals surface area contributed by atoms with Crippen LogP contribution in [0.1, 0.15) is 39.0 Å². The van der Waals surface area contributed by atoms with Gasteiger partial charge in [-0.1, -0.05) is 6.42 Å². The van der Waals surface area contributed by atoms with Crippen LogP contribution < -0.4 is 10.6 Å². The van der Waals surface area contributed by atoms with E-state index >= 15 is 0 Å². The minimum Gasteiger partial charge on any atom is -0.393 e. The van der Waals surface area contributed by atoms with E-state index in [2.05, 4.69) is 10.6 Å². The molecule has 5 nitrogen and oxygen atoms in total. The van der Waals surface area contributed by atoms with Crippen molar-refractivity contribution in [2.24, 2.45) is 0 Å². The van der Waals surface area contributed by atoms with Crippen LogP contribution in [-0.4, -0.2) is 47.5 Å². The Balaban J connectivity index is 2.12. The van der Waals surface area contributed by atoms with E-state index in [9.17, 15) is 9.90 Å². The zero-order valence-electron chi connectivity index (χ0n) is 10.5. The van der Waals surface area contributed by atoms with E-state index in [0.29, 0.717) is 12.5 Å². The summed E-state index contributed by atoms with van der Waals surface area (Å²) in [6, 6.07) is 0.452. The maximum absolute atomic E-state index is 11.5. The SMILES string of the molecule is CC(O)(CO)CNC(=O)CCC1CCCCN1. The molecule has 1 aliphatic heterocycles. The highest BCUT2D eigenvalue weighted by molar-refractivity contribution is 5.75. The van der Waals surface area contributed by atoms with Crippen molar-refractivity contribution in [1.29, 1.82) is 0 Å². The van der Waals surface area contributed by atoms with Gasteiger partial charge >= 0.3 is 0 Å². The summed E-state index contributed by atoms with van der Waals surface area (Å²) in [5.74, 6) is -0.0638. The largest absolute Gasteiger partial charge is 0.393 e. The lowest BCUT2D eigenvalue weighted by Gasteiger charge is -2.24. The average molecular weight is 244 g/mol. The second kappa shape index (κ2) is 6.93. The Labute approximate surface area is 103 Å². The lowest BCUT2D eigenvalue weighted by Crippen LogP contribution is -2.43. The Hall–Kier alpha value is -0.650. The van der Waals surface area contributed by atoms with Crippen LogP contribution in [0.4, 0.5) is 0 Å². The number of piperidine rings is 1. The molecule has 0 aromatic rings. The average Bonchev–Trinajstić information content (AvgIpc) is 2.35. The molecule has 1 rings (SSSR count). The molecule has 1 saturated heterocycles. The molecule has 2 unspecified atom stereocenters. The van der Waals surface area contributed by atoms with Crippen LogP contribution in [0.15, 0.2) is 0 Å². The molecule has 1 fully saturated rings. The Morgan fingerprint density at radius 3 is 2.88 bits per heavy atom. The van der Waals surface area contributed by atoms with Gasteiger partial charge in [0.15, 0.2) is 0 Å². The molecule has 1 heterocycles. The summed E-state index contributed by atoms with van der Waals surface area (Å²) in [4.78, 5) is 11.5. The van der Waals surface area contributed by atoms with E-state index in [0.717, 1.165) is 19.4 Å². The highest BCUT2D eigenvalue weighted by Crippen LogP contribution is 2.11. The highest BCUT2D eigenvalue weighted by Gasteiger charge is 2.20. The Morgan fingerprint density at radius 1 is 1.53 bits per heavy atom. The van der Waals surface area contributed by atoms with Crippen LogP contribution in [0, 0.1) is 0 Å². The third-order valence-electron chi connectivity index (χ3n) is 3.14. The normalized spacial score (nSPS) is 24.1. The molecule has 100 valence electrons. The summed E-state index contributed by atoms with van der Waals surface area (Å²) in [6.45, 7) is 2.29. The minimum atomic E-state index is -1.22. The van der Waals surface area contributed by atoms with Crippen molar-refractivity contribution >= 4 is 5.91 Å². The third kappa shape index (κ3) is 6.00. The molecule has 0 aromatic carbocycles. The van der Waals surface area contributed by atoms with Gasteiger partial charge in [0.1, 0.15) is 5.60 Å². The van der Waals surface area contributed by atoms with Gasteiger partial charge in [0.25, 0.3) is 0 Å². The summed E-state index contributed by atoms with van der Waals surface area (Å²) >= 11 is 0. The van der Waals surface area contributed by atoms with E-state index in [1.54, 1.807) is 0 Å².